The molecule has 2 aliphatic carbocycles. The van der Waals surface area contributed by atoms with Crippen molar-refractivity contribution in [3.05, 3.63) is 115 Å². The number of carbonyl (C=O) groups is 4. The fourth-order valence-electron chi connectivity index (χ4n) is 10.1. The van der Waals surface area contributed by atoms with Gasteiger partial charge in [0.25, 0.3) is 0 Å². The molecule has 0 saturated heterocycles. The van der Waals surface area contributed by atoms with Crippen LogP contribution in [0.15, 0.2) is 82.6 Å². The Bertz CT molecular complexity index is 2950. The van der Waals surface area contributed by atoms with Gasteiger partial charge in [-0.3, -0.25) is 19.2 Å². The fraction of sp³-hybridized carbons (Fsp3) is 0.533. The zero-order valence-electron chi connectivity index (χ0n) is 49.2. The Morgan fingerprint density at radius 1 is 0.547 bits per heavy atom. The molecule has 0 aliphatic heterocycles. The molecule has 474 valence electrons. The lowest BCUT2D eigenvalue weighted by Crippen LogP contribution is -2.46. The number of likely N-dealkylation sites (N-methyl/N-ethyl adjacent to an activating group) is 2. The Kier molecular flexibility index (Phi) is 27.8. The lowest BCUT2D eigenvalue weighted by Gasteiger charge is -2.31. The SMILES string of the molecule is CN(C)[C@H]1Cc2c(Cl)cc(Cl)cc2[C@@H]1Oc1ccc(S(=O)(=O)NCCOCCOCCCC(=O)CCC(C)(CCC(=O)CCCOCCOCCNS(=O)(=O)c2ccc(O[C@H]3c4cc(Cl)cc(Cl)c4C[C@@H]3N(C)C)cc2)NC(=O)CCC(=O)O)cc1. The van der Waals surface area contributed by atoms with Crippen LogP contribution in [0.5, 0.6) is 11.5 Å². The second kappa shape index (κ2) is 33.9. The average molecular weight is 1320 g/mol. The summed E-state index contributed by atoms with van der Waals surface area (Å²) >= 11 is 25.6. The van der Waals surface area contributed by atoms with Crippen LogP contribution < -0.4 is 24.2 Å². The minimum atomic E-state index is -3.83. The highest BCUT2D eigenvalue weighted by Crippen LogP contribution is 2.44. The zero-order chi connectivity index (χ0) is 62.6. The Labute approximate surface area is 525 Å². The fourth-order valence-corrected chi connectivity index (χ4v) is 13.3. The summed E-state index contributed by atoms with van der Waals surface area (Å²) < 4.78 is 92.1. The van der Waals surface area contributed by atoms with Crippen molar-refractivity contribution in [1.82, 2.24) is 24.6 Å². The van der Waals surface area contributed by atoms with E-state index in [1.807, 2.05) is 40.3 Å². The summed E-state index contributed by atoms with van der Waals surface area (Å²) in [5.74, 6) is -0.754. The number of halogens is 4. The molecule has 0 aromatic heterocycles. The Morgan fingerprint density at radius 3 is 1.30 bits per heavy atom. The third kappa shape index (κ3) is 21.9. The number of aliphatic carboxylic acids is 1. The molecule has 4 aromatic carbocycles. The van der Waals surface area contributed by atoms with Gasteiger partial charge in [0.1, 0.15) is 35.3 Å². The quantitative estimate of drug-likeness (QED) is 0.0303. The molecule has 0 spiro atoms. The van der Waals surface area contributed by atoms with Crippen LogP contribution in [0.2, 0.25) is 20.1 Å². The molecule has 6 rings (SSSR count). The lowest BCUT2D eigenvalue weighted by atomic mass is 9.87. The number of amides is 1. The van der Waals surface area contributed by atoms with Gasteiger partial charge in [-0.2, -0.15) is 0 Å². The highest BCUT2D eigenvalue weighted by atomic mass is 35.5. The number of rotatable bonds is 40. The molecule has 86 heavy (non-hydrogen) atoms. The Morgan fingerprint density at radius 2 is 0.930 bits per heavy atom. The van der Waals surface area contributed by atoms with Crippen molar-refractivity contribution >= 4 is 89.9 Å². The van der Waals surface area contributed by atoms with E-state index in [9.17, 15) is 36.0 Å². The second-order valence-corrected chi connectivity index (χ2v) is 27.2. The van der Waals surface area contributed by atoms with E-state index >= 15 is 0 Å². The molecule has 4 N–H and O–H groups in total. The van der Waals surface area contributed by atoms with Crippen molar-refractivity contribution in [1.29, 1.82) is 0 Å². The number of ether oxygens (including phenoxy) is 6. The number of ketones is 2. The monoisotopic (exact) mass is 1310 g/mol. The van der Waals surface area contributed by atoms with E-state index in [2.05, 4.69) is 24.6 Å². The number of carboxylic acid groups (broad SMARTS) is 1. The van der Waals surface area contributed by atoms with Gasteiger partial charge in [0, 0.05) is 95.2 Å². The standard InChI is InChI=1S/C60H79Cl4N5O15S2/c1-60(67-56(72)18-19-57(73)74,22-20-42(70)8-6-26-79-30-32-81-28-24-65-85(75,76)46-14-10-44(11-15-46)83-58-50-34-40(61)36-52(63)48(50)38-54(58)68(2)3)23-21-43(71)9-7-27-80-31-33-82-29-25-66-86(77,78)47-16-12-45(13-17-47)84-59-51-35-41(62)37-53(64)49(51)39-55(59)69(4)5/h10-17,34-37,54-55,58-59,65-66H,6-9,18-33,38-39H2,1-5H3,(H,67,72)(H,73,74)/t54-,55-,58-,59-/m0/s1. The van der Waals surface area contributed by atoms with Crippen LogP contribution in [-0.2, 0) is 71.0 Å². The number of carbonyl (C=O) groups excluding carboxylic acids is 3. The minimum Gasteiger partial charge on any atom is -0.484 e. The maximum Gasteiger partial charge on any atom is 0.303 e. The molecule has 2 aliphatic rings. The van der Waals surface area contributed by atoms with Crippen LogP contribution in [0, 0.1) is 0 Å². The van der Waals surface area contributed by atoms with E-state index in [-0.39, 0.29) is 163 Å². The summed E-state index contributed by atoms with van der Waals surface area (Å²) in [6, 6.07) is 19.5. The van der Waals surface area contributed by atoms with Gasteiger partial charge in [0.15, 0.2) is 0 Å². The summed E-state index contributed by atoms with van der Waals surface area (Å²) in [5, 5.41) is 14.1. The van der Waals surface area contributed by atoms with Gasteiger partial charge in [-0.25, -0.2) is 26.3 Å². The highest BCUT2D eigenvalue weighted by Gasteiger charge is 2.39. The van der Waals surface area contributed by atoms with Crippen LogP contribution >= 0.6 is 46.4 Å². The molecule has 26 heteroatoms. The Balaban J connectivity index is 0.793. The summed E-state index contributed by atoms with van der Waals surface area (Å²) in [5.41, 5.74) is 2.80. The molecule has 0 bridgehead atoms. The van der Waals surface area contributed by atoms with Gasteiger partial charge in [0.2, 0.25) is 26.0 Å². The van der Waals surface area contributed by atoms with E-state index in [0.717, 1.165) is 22.3 Å². The molecule has 20 nitrogen and oxygen atoms in total. The van der Waals surface area contributed by atoms with Gasteiger partial charge >= 0.3 is 5.97 Å². The minimum absolute atomic E-state index is 0.00189. The number of benzene rings is 4. The topological polar surface area (TPSA) is 255 Å². The van der Waals surface area contributed by atoms with Crippen molar-refractivity contribution in [2.45, 2.75) is 124 Å². The smallest absolute Gasteiger partial charge is 0.303 e. The van der Waals surface area contributed by atoms with Crippen LogP contribution in [0.25, 0.3) is 0 Å². The second-order valence-electron chi connectivity index (χ2n) is 21.9. The highest BCUT2D eigenvalue weighted by molar-refractivity contribution is 7.89. The molecule has 4 aromatic rings. The number of hydrogen-bond donors (Lipinski definition) is 4. The molecule has 1 amide bonds. The zero-order valence-corrected chi connectivity index (χ0v) is 53.8. The summed E-state index contributed by atoms with van der Waals surface area (Å²) in [6.07, 6.45) is 2.05. The normalized spacial score (nSPS) is 16.8. The molecule has 0 heterocycles. The molecular weight excluding hydrogens is 1240 g/mol. The maximum absolute atomic E-state index is 13.0. The number of nitrogens with one attached hydrogen (secondary N) is 3. The predicted molar refractivity (Wildman–Crippen MR) is 329 cm³/mol. The van der Waals surface area contributed by atoms with Crippen molar-refractivity contribution in [2.75, 3.05) is 94.1 Å². The molecule has 0 fully saturated rings. The van der Waals surface area contributed by atoms with Crippen molar-refractivity contribution in [3.8, 4) is 11.5 Å². The van der Waals surface area contributed by atoms with Gasteiger partial charge in [0.05, 0.1) is 67.9 Å². The molecule has 0 radical (unpaired) electrons. The largest absolute Gasteiger partial charge is 0.484 e. The van der Waals surface area contributed by atoms with Crippen LogP contribution in [-0.4, -0.2) is 167 Å². The predicted octanol–water partition coefficient (Wildman–Crippen LogP) is 8.83. The van der Waals surface area contributed by atoms with Crippen LogP contribution in [0.3, 0.4) is 0 Å². The third-order valence-electron chi connectivity index (χ3n) is 14.9. The van der Waals surface area contributed by atoms with E-state index in [0.29, 0.717) is 57.3 Å². The van der Waals surface area contributed by atoms with Gasteiger partial charge < -0.3 is 48.6 Å². The van der Waals surface area contributed by atoms with E-state index in [1.165, 1.54) is 24.3 Å². The first-order chi connectivity index (χ1) is 40.8. The molecule has 0 unspecified atom stereocenters. The van der Waals surface area contributed by atoms with E-state index in [4.69, 9.17) is 79.9 Å². The number of nitrogens with zero attached hydrogens (tertiary/aromatic N) is 2. The lowest BCUT2D eigenvalue weighted by molar-refractivity contribution is -0.139. The number of hydrogen-bond acceptors (Lipinski definition) is 16. The maximum atomic E-state index is 13.0. The molecule has 4 atom stereocenters. The van der Waals surface area contributed by atoms with Crippen molar-refractivity contribution in [2.24, 2.45) is 0 Å². The average Bonchev–Trinajstić information content (AvgIpc) is 2.49. The summed E-state index contributed by atoms with van der Waals surface area (Å²) in [4.78, 5) is 54.0. The molecule has 0 saturated carbocycles. The Hall–Kier alpha value is -4.50. The van der Waals surface area contributed by atoms with Gasteiger partial charge in [-0.05, 0) is 158 Å². The van der Waals surface area contributed by atoms with Crippen LogP contribution in [0.4, 0.5) is 0 Å². The molecular formula is C60H79Cl4N5O15S2. The number of Topliss-reactive ketones (excluding diaryl/α,β-unsaturated/α-hetero) is 2. The number of sulfonamides is 2. The summed E-state index contributed by atoms with van der Waals surface area (Å²) in [6.45, 7) is 3.41. The van der Waals surface area contributed by atoms with E-state index < -0.39 is 37.5 Å². The first kappa shape index (κ1) is 70.6. The number of carboxylic acids is 1. The summed E-state index contributed by atoms with van der Waals surface area (Å²) in [7, 11) is 0.177. The van der Waals surface area contributed by atoms with Crippen molar-refractivity contribution < 1.29 is 69.5 Å². The number of fused-ring (bicyclic) bond motifs is 2. The van der Waals surface area contributed by atoms with Gasteiger partial charge in [-0.1, -0.05) is 46.4 Å². The third-order valence-corrected chi connectivity index (χ3v) is 18.9. The van der Waals surface area contributed by atoms with E-state index in [1.54, 1.807) is 43.3 Å². The van der Waals surface area contributed by atoms with Crippen LogP contribution in [0.1, 0.15) is 106 Å². The first-order valence-corrected chi connectivity index (χ1v) is 33.0. The van der Waals surface area contributed by atoms with Crippen molar-refractivity contribution in [3.63, 3.8) is 0 Å². The first-order valence-electron chi connectivity index (χ1n) is 28.5. The van der Waals surface area contributed by atoms with Gasteiger partial charge in [-0.15, -0.1) is 0 Å².